The van der Waals surface area contributed by atoms with Gasteiger partial charge in [0.15, 0.2) is 0 Å². The van der Waals surface area contributed by atoms with Crippen molar-refractivity contribution in [1.29, 1.82) is 0 Å². The van der Waals surface area contributed by atoms with Gasteiger partial charge in [0, 0.05) is 11.8 Å². The summed E-state index contributed by atoms with van der Waals surface area (Å²) in [6, 6.07) is 11.4. The highest BCUT2D eigenvalue weighted by atomic mass is 127. The Morgan fingerprint density at radius 1 is 1.29 bits per heavy atom. The van der Waals surface area contributed by atoms with Crippen LogP contribution in [-0.4, -0.2) is 9.67 Å². The van der Waals surface area contributed by atoms with E-state index in [1.807, 2.05) is 59.8 Å². The fourth-order valence-corrected chi connectivity index (χ4v) is 2.14. The van der Waals surface area contributed by atoms with Crippen LogP contribution in [0.2, 0.25) is 0 Å². The third-order valence-corrected chi connectivity index (χ3v) is 3.63. The van der Waals surface area contributed by atoms with Crippen LogP contribution < -0.4 is 5.56 Å². The van der Waals surface area contributed by atoms with E-state index in [4.69, 9.17) is 0 Å². The number of pyridine rings is 1. The Hall–Kier alpha value is -1.30. The van der Waals surface area contributed by atoms with Gasteiger partial charge in [-0.3, -0.25) is 4.79 Å². The Morgan fingerprint density at radius 3 is 2.59 bits per heavy atom. The van der Waals surface area contributed by atoms with Crippen LogP contribution in [-0.2, 0) is 6.54 Å². The molecule has 0 saturated carbocycles. The summed E-state index contributed by atoms with van der Waals surface area (Å²) in [6.07, 6.45) is 0. The maximum absolute atomic E-state index is 12.0. The van der Waals surface area contributed by atoms with Crippen molar-refractivity contribution in [2.45, 2.75) is 13.5 Å². The van der Waals surface area contributed by atoms with Gasteiger partial charge in [0.1, 0.15) is 9.32 Å². The number of aromatic hydroxyl groups is 1. The number of nitrogens with zero attached hydrogens (tertiary/aromatic N) is 1. The fraction of sp³-hybridized carbons (Fsp3) is 0.154. The molecule has 1 N–H and O–H groups in total. The van der Waals surface area contributed by atoms with Crippen LogP contribution >= 0.6 is 22.6 Å². The van der Waals surface area contributed by atoms with Gasteiger partial charge < -0.3 is 9.67 Å². The van der Waals surface area contributed by atoms with E-state index in [0.29, 0.717) is 10.1 Å². The van der Waals surface area contributed by atoms with Crippen LogP contribution in [0, 0.1) is 10.5 Å². The predicted molar refractivity (Wildman–Crippen MR) is 75.4 cm³/mol. The van der Waals surface area contributed by atoms with Crippen molar-refractivity contribution >= 4 is 22.6 Å². The normalized spacial score (nSPS) is 10.5. The first-order valence-electron chi connectivity index (χ1n) is 5.22. The molecule has 2 rings (SSSR count). The van der Waals surface area contributed by atoms with Crippen LogP contribution in [0.3, 0.4) is 0 Å². The lowest BCUT2D eigenvalue weighted by Gasteiger charge is -2.11. The van der Waals surface area contributed by atoms with E-state index in [0.717, 1.165) is 11.3 Å². The average Bonchev–Trinajstić information content (AvgIpc) is 2.33. The van der Waals surface area contributed by atoms with Crippen LogP contribution in [0.25, 0.3) is 0 Å². The highest BCUT2D eigenvalue weighted by molar-refractivity contribution is 14.1. The van der Waals surface area contributed by atoms with Crippen molar-refractivity contribution < 1.29 is 5.11 Å². The monoisotopic (exact) mass is 341 g/mol. The number of hydrogen-bond acceptors (Lipinski definition) is 2. The maximum Gasteiger partial charge on any atom is 0.268 e. The summed E-state index contributed by atoms with van der Waals surface area (Å²) >= 11 is 1.87. The van der Waals surface area contributed by atoms with Gasteiger partial charge in [0.25, 0.3) is 5.56 Å². The molecule has 1 heterocycles. The lowest BCUT2D eigenvalue weighted by molar-refractivity contribution is 0.465. The van der Waals surface area contributed by atoms with Gasteiger partial charge in [-0.15, -0.1) is 0 Å². The van der Waals surface area contributed by atoms with E-state index in [1.54, 1.807) is 10.6 Å². The molecule has 0 aliphatic rings. The number of aryl methyl sites for hydroxylation is 1. The van der Waals surface area contributed by atoms with Gasteiger partial charge >= 0.3 is 0 Å². The van der Waals surface area contributed by atoms with Gasteiger partial charge in [0.2, 0.25) is 0 Å². The zero-order valence-corrected chi connectivity index (χ0v) is 11.5. The molecule has 0 bridgehead atoms. The van der Waals surface area contributed by atoms with Gasteiger partial charge in [-0.1, -0.05) is 30.3 Å². The first-order valence-corrected chi connectivity index (χ1v) is 6.30. The Balaban J connectivity index is 2.47. The SMILES string of the molecule is Cc1cc(O)c(I)c(=O)n1Cc1ccccc1. The van der Waals surface area contributed by atoms with Crippen LogP contribution in [0.15, 0.2) is 41.2 Å². The summed E-state index contributed by atoms with van der Waals surface area (Å²) in [7, 11) is 0. The topological polar surface area (TPSA) is 42.2 Å². The molecule has 17 heavy (non-hydrogen) atoms. The average molecular weight is 341 g/mol. The van der Waals surface area contributed by atoms with Gasteiger partial charge in [-0.05, 0) is 35.1 Å². The van der Waals surface area contributed by atoms with E-state index < -0.39 is 0 Å². The molecule has 3 nitrogen and oxygen atoms in total. The largest absolute Gasteiger partial charge is 0.507 e. The van der Waals surface area contributed by atoms with E-state index in [-0.39, 0.29) is 11.3 Å². The molecular weight excluding hydrogens is 329 g/mol. The minimum Gasteiger partial charge on any atom is -0.507 e. The maximum atomic E-state index is 12.0. The number of hydrogen-bond donors (Lipinski definition) is 1. The van der Waals surface area contributed by atoms with Gasteiger partial charge in [0.05, 0.1) is 6.54 Å². The van der Waals surface area contributed by atoms with Crippen LogP contribution in [0.1, 0.15) is 11.3 Å². The van der Waals surface area contributed by atoms with Crippen molar-refractivity contribution in [3.8, 4) is 5.75 Å². The second-order valence-electron chi connectivity index (χ2n) is 3.86. The molecule has 0 amide bonds. The summed E-state index contributed by atoms with van der Waals surface area (Å²) in [5, 5.41) is 9.55. The van der Waals surface area contributed by atoms with Crippen molar-refractivity contribution in [3.05, 3.63) is 61.6 Å². The molecule has 0 spiro atoms. The summed E-state index contributed by atoms with van der Waals surface area (Å²) in [5.41, 5.74) is 1.68. The first kappa shape index (κ1) is 12.2. The molecule has 4 heteroatoms. The minimum atomic E-state index is -0.146. The second kappa shape index (κ2) is 4.91. The summed E-state index contributed by atoms with van der Waals surface area (Å²) < 4.78 is 2.03. The number of benzene rings is 1. The Bertz CT molecular complexity index is 590. The van der Waals surface area contributed by atoms with E-state index in [9.17, 15) is 9.90 Å². The summed E-state index contributed by atoms with van der Waals surface area (Å²) in [6.45, 7) is 2.35. The molecule has 0 aliphatic heterocycles. The molecule has 0 aliphatic carbocycles. The fourth-order valence-electron chi connectivity index (χ4n) is 1.69. The van der Waals surface area contributed by atoms with Crippen molar-refractivity contribution in [1.82, 2.24) is 4.57 Å². The van der Waals surface area contributed by atoms with Gasteiger partial charge in [-0.25, -0.2) is 0 Å². The molecule has 0 radical (unpaired) electrons. The molecule has 2 aromatic rings. The zero-order valence-electron chi connectivity index (χ0n) is 9.35. The van der Waals surface area contributed by atoms with Gasteiger partial charge in [-0.2, -0.15) is 0 Å². The zero-order chi connectivity index (χ0) is 12.4. The third kappa shape index (κ3) is 2.52. The standard InChI is InChI=1S/C13H12INO2/c1-9-7-11(16)12(14)13(17)15(9)8-10-5-3-2-4-6-10/h2-7,16H,8H2,1H3. The van der Waals surface area contributed by atoms with Crippen molar-refractivity contribution in [3.63, 3.8) is 0 Å². The molecule has 0 atom stereocenters. The van der Waals surface area contributed by atoms with E-state index in [1.165, 1.54) is 0 Å². The summed E-state index contributed by atoms with van der Waals surface area (Å²) in [4.78, 5) is 12.0. The smallest absolute Gasteiger partial charge is 0.268 e. The molecule has 1 aromatic heterocycles. The third-order valence-electron chi connectivity index (χ3n) is 2.61. The Morgan fingerprint density at radius 2 is 1.94 bits per heavy atom. The number of aromatic nitrogens is 1. The molecule has 0 saturated heterocycles. The predicted octanol–water partition coefficient (Wildman–Crippen LogP) is 2.52. The minimum absolute atomic E-state index is 0.0532. The van der Waals surface area contributed by atoms with Crippen molar-refractivity contribution in [2.75, 3.05) is 0 Å². The highest BCUT2D eigenvalue weighted by Crippen LogP contribution is 2.17. The van der Waals surface area contributed by atoms with Crippen molar-refractivity contribution in [2.24, 2.45) is 0 Å². The molecule has 88 valence electrons. The lowest BCUT2D eigenvalue weighted by atomic mass is 10.2. The number of rotatable bonds is 2. The molecule has 0 unspecified atom stereocenters. The van der Waals surface area contributed by atoms with Crippen LogP contribution in [0.4, 0.5) is 0 Å². The summed E-state index contributed by atoms with van der Waals surface area (Å²) in [5.74, 6) is 0.0532. The molecular formula is C13H12INO2. The quantitative estimate of drug-likeness (QED) is 0.853. The molecule has 1 aromatic carbocycles. The van der Waals surface area contributed by atoms with E-state index >= 15 is 0 Å². The highest BCUT2D eigenvalue weighted by Gasteiger charge is 2.09. The second-order valence-corrected chi connectivity index (χ2v) is 4.94. The first-order chi connectivity index (χ1) is 8.09. The lowest BCUT2D eigenvalue weighted by Crippen LogP contribution is -2.24. The van der Waals surface area contributed by atoms with Crippen LogP contribution in [0.5, 0.6) is 5.75 Å². The Labute approximate surface area is 113 Å². The number of halogens is 1. The van der Waals surface area contributed by atoms with E-state index in [2.05, 4.69) is 0 Å². The molecule has 0 fully saturated rings. The Kier molecular flexibility index (Phi) is 3.51.